The molecule has 10 nitrogen and oxygen atoms in total. The summed E-state index contributed by atoms with van der Waals surface area (Å²) in [7, 11) is 3.10. The third kappa shape index (κ3) is 3.70. The number of benzene rings is 2. The van der Waals surface area contributed by atoms with Crippen molar-refractivity contribution in [2.24, 2.45) is 35.1 Å². The first-order chi connectivity index (χ1) is 18.3. The molecule has 0 spiro atoms. The summed E-state index contributed by atoms with van der Waals surface area (Å²) in [5.74, 6) is -10.7. The zero-order chi connectivity index (χ0) is 28.5. The topological polar surface area (TPSA) is 181 Å². The molecule has 5 rings (SSSR count). The third-order valence-corrected chi connectivity index (χ3v) is 8.72. The van der Waals surface area contributed by atoms with Gasteiger partial charge in [-0.15, -0.1) is 0 Å². The van der Waals surface area contributed by atoms with E-state index in [0.29, 0.717) is 16.7 Å². The van der Waals surface area contributed by atoms with Gasteiger partial charge in [0.1, 0.15) is 5.75 Å². The van der Waals surface area contributed by atoms with Crippen molar-refractivity contribution in [3.8, 4) is 16.9 Å². The lowest BCUT2D eigenvalue weighted by Gasteiger charge is -2.52. The number of phenols is 1. The van der Waals surface area contributed by atoms with E-state index in [4.69, 9.17) is 11.5 Å². The molecule has 6 atom stereocenters. The lowest BCUT2D eigenvalue weighted by molar-refractivity contribution is -0.181. The number of ketones is 4. The lowest BCUT2D eigenvalue weighted by atomic mass is 9.52. The van der Waals surface area contributed by atoms with Crippen LogP contribution in [-0.4, -0.2) is 69.9 Å². The van der Waals surface area contributed by atoms with E-state index in [1.165, 1.54) is 4.90 Å². The molecule has 2 aromatic carbocycles. The van der Waals surface area contributed by atoms with Crippen LogP contribution >= 0.6 is 0 Å². The molecule has 1 amide bonds. The van der Waals surface area contributed by atoms with Crippen molar-refractivity contribution in [1.29, 1.82) is 0 Å². The molecule has 2 aromatic rings. The number of primary amides is 1. The molecule has 0 saturated heterocycles. The Labute approximate surface area is 225 Å². The van der Waals surface area contributed by atoms with Gasteiger partial charge in [0.05, 0.1) is 17.5 Å². The summed E-state index contributed by atoms with van der Waals surface area (Å²) in [6, 6.07) is 8.23. The first kappa shape index (κ1) is 26.9. The Morgan fingerprint density at radius 2 is 1.74 bits per heavy atom. The predicted octanol–water partition coefficient (Wildman–Crippen LogP) is 0.301. The van der Waals surface area contributed by atoms with Crippen molar-refractivity contribution in [2.45, 2.75) is 38.0 Å². The number of aliphatic hydroxyl groups is 1. The van der Waals surface area contributed by atoms with E-state index >= 15 is 0 Å². The number of Topliss-reactive ketones (excluding diaryl/α,β-unsaturated/α-hetero) is 4. The molecule has 2 saturated carbocycles. The largest absolute Gasteiger partial charge is 0.507 e. The molecule has 3 aliphatic carbocycles. The molecule has 0 radical (unpaired) electrons. The van der Waals surface area contributed by atoms with Crippen LogP contribution in [0.2, 0.25) is 0 Å². The molecule has 0 bridgehead atoms. The minimum absolute atomic E-state index is 0.00334. The van der Waals surface area contributed by atoms with E-state index in [1.807, 2.05) is 31.2 Å². The van der Waals surface area contributed by atoms with Crippen LogP contribution < -0.4 is 11.5 Å². The van der Waals surface area contributed by atoms with Crippen molar-refractivity contribution in [3.63, 3.8) is 0 Å². The van der Waals surface area contributed by atoms with Gasteiger partial charge in [-0.25, -0.2) is 0 Å². The Hall–Kier alpha value is -3.73. The van der Waals surface area contributed by atoms with Crippen LogP contribution in [0.3, 0.4) is 0 Å². The molecule has 6 N–H and O–H groups in total. The minimum atomic E-state index is -2.75. The Morgan fingerprint density at radius 3 is 2.31 bits per heavy atom. The van der Waals surface area contributed by atoms with Gasteiger partial charge in [0.25, 0.3) is 0 Å². The zero-order valence-electron chi connectivity index (χ0n) is 21.9. The van der Waals surface area contributed by atoms with Gasteiger partial charge in [-0.3, -0.25) is 28.9 Å². The highest BCUT2D eigenvalue weighted by Crippen LogP contribution is 2.52. The molecule has 2 fully saturated rings. The molecule has 39 heavy (non-hydrogen) atoms. The van der Waals surface area contributed by atoms with Gasteiger partial charge in [0, 0.05) is 18.0 Å². The highest BCUT2D eigenvalue weighted by atomic mass is 16.3. The fourth-order valence-corrected chi connectivity index (χ4v) is 6.87. The maximum absolute atomic E-state index is 14.0. The highest BCUT2D eigenvalue weighted by molar-refractivity contribution is 6.32. The second-order valence-electron chi connectivity index (χ2n) is 11.1. The van der Waals surface area contributed by atoms with E-state index in [9.17, 15) is 34.2 Å². The first-order valence-corrected chi connectivity index (χ1v) is 12.8. The van der Waals surface area contributed by atoms with Crippen molar-refractivity contribution < 1.29 is 34.2 Å². The Kier molecular flexibility index (Phi) is 6.32. The van der Waals surface area contributed by atoms with Gasteiger partial charge in [-0.1, -0.05) is 29.8 Å². The van der Waals surface area contributed by atoms with E-state index < -0.39 is 64.4 Å². The third-order valence-electron chi connectivity index (χ3n) is 8.72. The number of aromatic hydroxyl groups is 1. The summed E-state index contributed by atoms with van der Waals surface area (Å²) >= 11 is 0. The van der Waals surface area contributed by atoms with Gasteiger partial charge in [-0.2, -0.15) is 0 Å². The quantitative estimate of drug-likeness (QED) is 0.402. The number of carbonyl (C=O) groups is 5. The minimum Gasteiger partial charge on any atom is -0.507 e. The SMILES string of the molecule is Cc1ccc(-c2cc(CN)c(O)c3c2CC2CC4C(N(C)C)C(=O)C(C(N)=O)C(=O)C4(O)C(=O)C2C3=O)cc1. The number of carbonyl (C=O) groups excluding carboxylic acids is 5. The smallest absolute Gasteiger partial charge is 0.235 e. The van der Waals surface area contributed by atoms with Crippen molar-refractivity contribution >= 4 is 29.0 Å². The molecule has 6 unspecified atom stereocenters. The molecule has 0 aliphatic heterocycles. The molecule has 0 aromatic heterocycles. The van der Waals surface area contributed by atoms with E-state index in [1.54, 1.807) is 20.2 Å². The summed E-state index contributed by atoms with van der Waals surface area (Å²) < 4.78 is 0. The van der Waals surface area contributed by atoms with Crippen LogP contribution in [-0.2, 0) is 32.1 Å². The van der Waals surface area contributed by atoms with Crippen molar-refractivity contribution in [1.82, 2.24) is 4.90 Å². The van der Waals surface area contributed by atoms with E-state index in [2.05, 4.69) is 0 Å². The van der Waals surface area contributed by atoms with Gasteiger partial charge >= 0.3 is 0 Å². The number of fused-ring (bicyclic) bond motifs is 3. The number of rotatable bonds is 4. The predicted molar refractivity (Wildman–Crippen MR) is 139 cm³/mol. The van der Waals surface area contributed by atoms with Crippen molar-refractivity contribution in [2.75, 3.05) is 14.1 Å². The average molecular weight is 534 g/mol. The van der Waals surface area contributed by atoms with Crippen molar-refractivity contribution in [3.05, 3.63) is 52.6 Å². The molecule has 3 aliphatic rings. The fraction of sp³-hybridized carbons (Fsp3) is 0.414. The highest BCUT2D eigenvalue weighted by Gasteiger charge is 2.69. The van der Waals surface area contributed by atoms with Crippen LogP contribution in [0.4, 0.5) is 0 Å². The number of amides is 1. The standard InChI is InChI=1S/C29H31N3O7/c1-12-4-6-13(7-5-12)16-9-15(11-30)23(33)20-17(16)8-14-10-18-22(32(2)3)25(35)21(28(31)38)27(37)29(18,39)26(36)19(14)24(20)34/h4-7,9,14,18-19,21-22,33,39H,8,10-11,30H2,1-3H3,(H2,31,38). The zero-order valence-corrected chi connectivity index (χ0v) is 21.9. The molecular weight excluding hydrogens is 502 g/mol. The Morgan fingerprint density at radius 1 is 1.10 bits per heavy atom. The number of phenolic OH excluding ortho intramolecular Hbond substituents is 1. The Bertz CT molecular complexity index is 1450. The summed E-state index contributed by atoms with van der Waals surface area (Å²) in [5, 5.41) is 22.8. The summed E-state index contributed by atoms with van der Waals surface area (Å²) in [6.45, 7) is 1.88. The molecular formula is C29H31N3O7. The van der Waals surface area contributed by atoms with Gasteiger partial charge < -0.3 is 21.7 Å². The number of nitrogens with two attached hydrogens (primary N) is 2. The van der Waals surface area contributed by atoms with Crippen LogP contribution in [0, 0.1) is 30.6 Å². The van der Waals surface area contributed by atoms with E-state index in [0.717, 1.165) is 11.1 Å². The second-order valence-corrected chi connectivity index (χ2v) is 11.1. The van der Waals surface area contributed by atoms with Crippen LogP contribution in [0.25, 0.3) is 11.1 Å². The molecule has 10 heteroatoms. The normalized spacial score (nSPS) is 30.2. The van der Waals surface area contributed by atoms with Gasteiger partial charge in [-0.05, 0) is 62.5 Å². The van der Waals surface area contributed by atoms with Crippen LogP contribution in [0.1, 0.15) is 33.5 Å². The monoisotopic (exact) mass is 533 g/mol. The van der Waals surface area contributed by atoms with Gasteiger partial charge in [0.2, 0.25) is 5.91 Å². The summed E-state index contributed by atoms with van der Waals surface area (Å²) in [4.78, 5) is 68.2. The average Bonchev–Trinajstić information content (AvgIpc) is 2.86. The van der Waals surface area contributed by atoms with E-state index in [-0.39, 0.29) is 30.7 Å². The summed E-state index contributed by atoms with van der Waals surface area (Å²) in [6.07, 6.45) is 0.185. The maximum atomic E-state index is 14.0. The number of likely N-dealkylation sites (N-methyl/N-ethyl adjacent to an activating group) is 1. The lowest BCUT2D eigenvalue weighted by Crippen LogP contribution is -2.74. The van der Waals surface area contributed by atoms with Crippen LogP contribution in [0.15, 0.2) is 30.3 Å². The first-order valence-electron chi connectivity index (χ1n) is 12.8. The number of hydrogen-bond acceptors (Lipinski definition) is 9. The number of aryl methyl sites for hydroxylation is 1. The maximum Gasteiger partial charge on any atom is 0.235 e. The second kappa shape index (κ2) is 9.18. The fourth-order valence-electron chi connectivity index (χ4n) is 6.87. The number of nitrogens with zero attached hydrogens (tertiary/aromatic N) is 1. The number of hydrogen-bond donors (Lipinski definition) is 4. The van der Waals surface area contributed by atoms with Gasteiger partial charge in [0.15, 0.2) is 34.7 Å². The molecule has 0 heterocycles. The Balaban J connectivity index is 1.69. The molecule has 204 valence electrons. The van der Waals surface area contributed by atoms with Crippen LogP contribution in [0.5, 0.6) is 5.75 Å². The summed E-state index contributed by atoms with van der Waals surface area (Å²) in [5.41, 5.74) is 11.8.